The number of nitrogens with zero attached hydrogens (tertiary/aromatic N) is 1. The molecule has 5 heteroatoms. The van der Waals surface area contributed by atoms with E-state index in [-0.39, 0.29) is 11.8 Å². The van der Waals surface area contributed by atoms with Crippen molar-refractivity contribution in [2.75, 3.05) is 0 Å². The van der Waals surface area contributed by atoms with Crippen LogP contribution in [0.3, 0.4) is 0 Å². The second-order valence-corrected chi connectivity index (χ2v) is 10.7. The maximum Gasteiger partial charge on any atom is 0.235 e. The van der Waals surface area contributed by atoms with Gasteiger partial charge < -0.3 is 0 Å². The Hall–Kier alpha value is -2.24. The zero-order valence-electron chi connectivity index (χ0n) is 15.9. The molecule has 3 aliphatic carbocycles. The molecule has 1 fully saturated rings. The summed E-state index contributed by atoms with van der Waals surface area (Å²) in [5, 5.41) is 0. The van der Waals surface area contributed by atoms with Crippen LogP contribution < -0.4 is 0 Å². The van der Waals surface area contributed by atoms with E-state index in [9.17, 15) is 9.59 Å². The Labute approximate surface area is 191 Å². The van der Waals surface area contributed by atoms with Gasteiger partial charge in [-0.3, -0.25) is 14.5 Å². The van der Waals surface area contributed by atoms with E-state index in [1.54, 1.807) is 0 Å². The number of amides is 2. The molecule has 1 heterocycles. The molecule has 7 rings (SSSR count). The molecule has 2 amide bonds. The normalized spacial score (nSPS) is 30.8. The van der Waals surface area contributed by atoms with Crippen LogP contribution in [0.2, 0.25) is 0 Å². The summed E-state index contributed by atoms with van der Waals surface area (Å²) in [5.41, 5.74) is 5.19. The highest BCUT2D eigenvalue weighted by Crippen LogP contribution is 2.70. The van der Waals surface area contributed by atoms with Crippen molar-refractivity contribution in [1.29, 1.82) is 0 Å². The Morgan fingerprint density at radius 1 is 0.633 bits per heavy atom. The first-order valence-corrected chi connectivity index (χ1v) is 11.5. The number of likely N-dealkylation sites (tertiary alicyclic amines) is 1. The van der Waals surface area contributed by atoms with Gasteiger partial charge in [-0.25, -0.2) is 0 Å². The Balaban J connectivity index is 1.59. The molecule has 30 heavy (non-hydrogen) atoms. The lowest BCUT2D eigenvalue weighted by atomic mass is 9.54. The fourth-order valence-electron chi connectivity index (χ4n) is 5.65. The predicted octanol–water partition coefficient (Wildman–Crippen LogP) is 5.09. The monoisotopic (exact) mass is 521 g/mol. The number of carbonyl (C=O) groups excluding carboxylic acids is 2. The van der Waals surface area contributed by atoms with Crippen LogP contribution in [0.15, 0.2) is 78.9 Å². The van der Waals surface area contributed by atoms with Crippen LogP contribution >= 0.6 is 31.9 Å². The lowest BCUT2D eigenvalue weighted by molar-refractivity contribution is -0.140. The molecular weight excluding hydrogens is 506 g/mol. The maximum atomic E-state index is 13.8. The molecule has 0 N–H and O–H groups in total. The minimum atomic E-state index is -0.724. The molecule has 0 spiro atoms. The fourth-order valence-corrected chi connectivity index (χ4v) is 7.95. The molecule has 148 valence electrons. The highest BCUT2D eigenvalue weighted by molar-refractivity contribution is 9.10. The number of imide groups is 1. The van der Waals surface area contributed by atoms with E-state index < -0.39 is 20.5 Å². The average Bonchev–Trinajstić information content (AvgIpc) is 3.04. The number of hydrogen-bond acceptors (Lipinski definition) is 2. The SMILES string of the molecule is O=C1C2C(C(=O)N1Cc1ccccc1)C1(Br)c3ccccc3C2(Br)c2ccccc21. The summed E-state index contributed by atoms with van der Waals surface area (Å²) in [5.74, 6) is -1.23. The smallest absolute Gasteiger partial charge is 0.235 e. The minimum absolute atomic E-state index is 0.112. The zero-order chi connectivity index (χ0) is 20.7. The summed E-state index contributed by atoms with van der Waals surface area (Å²) in [4.78, 5) is 29.0. The quantitative estimate of drug-likeness (QED) is 0.347. The Morgan fingerprint density at radius 3 is 1.40 bits per heavy atom. The average molecular weight is 523 g/mol. The lowest BCUT2D eigenvalue weighted by Crippen LogP contribution is -2.56. The molecule has 2 atom stereocenters. The molecule has 0 aromatic heterocycles. The number of halogens is 2. The van der Waals surface area contributed by atoms with Gasteiger partial charge in [0.2, 0.25) is 11.8 Å². The van der Waals surface area contributed by atoms with Crippen molar-refractivity contribution >= 4 is 43.7 Å². The van der Waals surface area contributed by atoms with Crippen molar-refractivity contribution in [3.63, 3.8) is 0 Å². The molecule has 4 aliphatic rings. The second-order valence-electron chi connectivity index (χ2n) is 8.22. The van der Waals surface area contributed by atoms with Gasteiger partial charge in [0.15, 0.2) is 0 Å². The van der Waals surface area contributed by atoms with Crippen molar-refractivity contribution in [3.05, 3.63) is 107 Å². The first-order valence-electron chi connectivity index (χ1n) is 9.96. The number of carbonyl (C=O) groups is 2. The van der Waals surface area contributed by atoms with Gasteiger partial charge in [0, 0.05) is 0 Å². The third-order valence-electron chi connectivity index (χ3n) is 6.86. The molecule has 2 bridgehead atoms. The van der Waals surface area contributed by atoms with E-state index >= 15 is 0 Å². The number of rotatable bonds is 2. The minimum Gasteiger partial charge on any atom is -0.277 e. The summed E-state index contributed by atoms with van der Waals surface area (Å²) in [6.45, 7) is 0.296. The highest BCUT2D eigenvalue weighted by atomic mass is 79.9. The van der Waals surface area contributed by atoms with Crippen LogP contribution in [-0.2, 0) is 24.8 Å². The summed E-state index contributed by atoms with van der Waals surface area (Å²) < 4.78 is -1.45. The zero-order valence-corrected chi connectivity index (χ0v) is 19.1. The van der Waals surface area contributed by atoms with Crippen LogP contribution in [0.25, 0.3) is 0 Å². The van der Waals surface area contributed by atoms with Gasteiger partial charge in [0.1, 0.15) is 0 Å². The molecule has 0 saturated carbocycles. The summed E-state index contributed by atoms with van der Waals surface area (Å²) in [6, 6.07) is 26.0. The number of benzene rings is 3. The van der Waals surface area contributed by atoms with Gasteiger partial charge in [-0.1, -0.05) is 111 Å². The molecule has 1 aliphatic heterocycles. The molecule has 3 aromatic rings. The largest absolute Gasteiger partial charge is 0.277 e. The van der Waals surface area contributed by atoms with Gasteiger partial charge in [-0.2, -0.15) is 0 Å². The molecule has 2 unspecified atom stereocenters. The van der Waals surface area contributed by atoms with Gasteiger partial charge in [-0.05, 0) is 27.8 Å². The van der Waals surface area contributed by atoms with Crippen molar-refractivity contribution in [2.45, 2.75) is 15.2 Å². The molecular formula is C25H17Br2NO2. The molecule has 1 saturated heterocycles. The van der Waals surface area contributed by atoms with Crippen LogP contribution in [-0.4, -0.2) is 16.7 Å². The first kappa shape index (κ1) is 18.5. The second kappa shape index (κ2) is 6.14. The topological polar surface area (TPSA) is 37.4 Å². The molecule has 0 radical (unpaired) electrons. The Kier molecular flexibility index (Phi) is 3.79. The third-order valence-corrected chi connectivity index (χ3v) is 9.56. The predicted molar refractivity (Wildman–Crippen MR) is 121 cm³/mol. The lowest BCUT2D eigenvalue weighted by Gasteiger charge is -2.55. The standard InChI is InChI=1S/C25H17Br2NO2/c26-24-16-10-4-5-11-17(16)25(27,19-13-7-6-12-18(19)24)21-20(24)22(29)28(23(21)30)14-15-8-2-1-3-9-15/h1-13,20-21H,14H2. The van der Waals surface area contributed by atoms with Crippen molar-refractivity contribution in [3.8, 4) is 0 Å². The van der Waals surface area contributed by atoms with E-state index in [1.165, 1.54) is 4.90 Å². The third kappa shape index (κ3) is 2.05. The van der Waals surface area contributed by atoms with Gasteiger partial charge in [0.05, 0.1) is 27.0 Å². The van der Waals surface area contributed by atoms with Crippen LogP contribution in [0.5, 0.6) is 0 Å². The summed E-state index contributed by atoms with van der Waals surface area (Å²) in [7, 11) is 0. The van der Waals surface area contributed by atoms with Crippen molar-refractivity contribution in [2.24, 2.45) is 11.8 Å². The maximum absolute atomic E-state index is 13.8. The van der Waals surface area contributed by atoms with Crippen LogP contribution in [0.4, 0.5) is 0 Å². The van der Waals surface area contributed by atoms with E-state index in [0.717, 1.165) is 27.8 Å². The summed E-state index contributed by atoms with van der Waals surface area (Å²) >= 11 is 8.04. The Bertz CT molecular complexity index is 1100. The van der Waals surface area contributed by atoms with Crippen LogP contribution in [0.1, 0.15) is 27.8 Å². The molecule has 3 nitrogen and oxygen atoms in total. The number of hydrogen-bond donors (Lipinski definition) is 0. The fraction of sp³-hybridized carbons (Fsp3) is 0.200. The van der Waals surface area contributed by atoms with Crippen LogP contribution in [0, 0.1) is 11.8 Å². The summed E-state index contributed by atoms with van der Waals surface area (Å²) in [6.07, 6.45) is 0. The molecule has 3 aromatic carbocycles. The van der Waals surface area contributed by atoms with E-state index in [4.69, 9.17) is 0 Å². The first-order chi connectivity index (χ1) is 14.5. The van der Waals surface area contributed by atoms with E-state index in [1.807, 2.05) is 54.6 Å². The van der Waals surface area contributed by atoms with E-state index in [2.05, 4.69) is 56.1 Å². The van der Waals surface area contributed by atoms with Gasteiger partial charge >= 0.3 is 0 Å². The Morgan fingerprint density at radius 2 is 1.00 bits per heavy atom. The van der Waals surface area contributed by atoms with E-state index in [0.29, 0.717) is 6.54 Å². The van der Waals surface area contributed by atoms with Gasteiger partial charge in [0.25, 0.3) is 0 Å². The van der Waals surface area contributed by atoms with Crippen molar-refractivity contribution < 1.29 is 9.59 Å². The van der Waals surface area contributed by atoms with Gasteiger partial charge in [-0.15, -0.1) is 0 Å². The number of alkyl halides is 2. The highest BCUT2D eigenvalue weighted by Gasteiger charge is 2.72. The van der Waals surface area contributed by atoms with Crippen molar-refractivity contribution in [1.82, 2.24) is 4.90 Å².